The Kier molecular flexibility index (Phi) is 2.51. The highest BCUT2D eigenvalue weighted by Gasteiger charge is 2.03. The molecule has 0 aliphatic heterocycles. The van der Waals surface area contributed by atoms with Gasteiger partial charge in [0.2, 0.25) is 0 Å². The molecule has 0 aliphatic rings. The van der Waals surface area contributed by atoms with Crippen LogP contribution in [0.3, 0.4) is 0 Å². The lowest BCUT2D eigenvalue weighted by molar-refractivity contribution is 0.671. The molecule has 0 aliphatic carbocycles. The van der Waals surface area contributed by atoms with Gasteiger partial charge in [-0.05, 0) is 40.4 Å². The van der Waals surface area contributed by atoms with Gasteiger partial charge in [0.25, 0.3) is 0 Å². The average Bonchev–Trinajstić information content (AvgIpc) is 2.65. The topological polar surface area (TPSA) is 17.8 Å². The molecule has 0 aromatic carbocycles. The smallest absolute Gasteiger partial charge is 0.0766 e. The highest BCUT2D eigenvalue weighted by atomic mass is 79.9. The number of aryl methyl sites for hydroxylation is 1. The van der Waals surface area contributed by atoms with Gasteiger partial charge < -0.3 is 0 Å². The van der Waals surface area contributed by atoms with E-state index in [9.17, 15) is 0 Å². The van der Waals surface area contributed by atoms with E-state index >= 15 is 0 Å². The van der Waals surface area contributed by atoms with E-state index in [1.807, 2.05) is 16.9 Å². The number of aromatic nitrogens is 2. The summed E-state index contributed by atoms with van der Waals surface area (Å²) in [6, 6.07) is 4.08. The Balaban J connectivity index is 2.24. The zero-order chi connectivity index (χ0) is 9.26. The second-order valence-corrected chi connectivity index (χ2v) is 4.68. The van der Waals surface area contributed by atoms with Crippen LogP contribution in [-0.2, 0) is 6.54 Å². The summed E-state index contributed by atoms with van der Waals surface area (Å²) in [4.78, 5) is 1.31. The Morgan fingerprint density at radius 1 is 1.54 bits per heavy atom. The predicted molar refractivity (Wildman–Crippen MR) is 58.1 cm³/mol. The Hall–Kier alpha value is -0.610. The SMILES string of the molecule is Cc1ccnn1Cc1sccc1Br. The zero-order valence-electron chi connectivity index (χ0n) is 7.20. The van der Waals surface area contributed by atoms with Gasteiger partial charge in [-0.2, -0.15) is 5.10 Å². The maximum Gasteiger partial charge on any atom is 0.0766 e. The normalized spacial score (nSPS) is 10.6. The maximum absolute atomic E-state index is 4.23. The molecule has 0 bridgehead atoms. The molecule has 0 N–H and O–H groups in total. The van der Waals surface area contributed by atoms with Crippen LogP contribution < -0.4 is 0 Å². The van der Waals surface area contributed by atoms with Crippen molar-refractivity contribution in [3.63, 3.8) is 0 Å². The van der Waals surface area contributed by atoms with E-state index in [0.29, 0.717) is 0 Å². The van der Waals surface area contributed by atoms with Gasteiger partial charge in [0, 0.05) is 21.2 Å². The third kappa shape index (κ3) is 1.84. The molecule has 0 amide bonds. The van der Waals surface area contributed by atoms with Crippen LogP contribution in [0.4, 0.5) is 0 Å². The molecule has 0 saturated heterocycles. The summed E-state index contributed by atoms with van der Waals surface area (Å²) in [5, 5.41) is 6.32. The fraction of sp³-hybridized carbons (Fsp3) is 0.222. The zero-order valence-corrected chi connectivity index (χ0v) is 9.60. The van der Waals surface area contributed by atoms with E-state index in [4.69, 9.17) is 0 Å². The highest BCUT2D eigenvalue weighted by molar-refractivity contribution is 9.10. The Morgan fingerprint density at radius 2 is 2.38 bits per heavy atom. The standard InChI is InChI=1S/C9H9BrN2S/c1-7-2-4-11-12(7)6-9-8(10)3-5-13-9/h2-5H,6H2,1H3. The first-order valence-corrected chi connectivity index (χ1v) is 5.65. The molecule has 13 heavy (non-hydrogen) atoms. The van der Waals surface area contributed by atoms with Crippen LogP contribution in [-0.4, -0.2) is 9.78 Å². The molecule has 0 unspecified atom stereocenters. The monoisotopic (exact) mass is 256 g/mol. The van der Waals surface area contributed by atoms with Gasteiger partial charge in [-0.15, -0.1) is 11.3 Å². The molecule has 0 fully saturated rings. The third-order valence-electron chi connectivity index (χ3n) is 1.91. The minimum Gasteiger partial charge on any atom is -0.265 e. The first kappa shape index (κ1) is 8.97. The molecule has 2 rings (SSSR count). The van der Waals surface area contributed by atoms with Crippen molar-refractivity contribution in [2.75, 3.05) is 0 Å². The quantitative estimate of drug-likeness (QED) is 0.808. The van der Waals surface area contributed by atoms with Crippen molar-refractivity contribution in [2.45, 2.75) is 13.5 Å². The number of nitrogens with zero attached hydrogens (tertiary/aromatic N) is 2. The number of halogens is 1. The average molecular weight is 257 g/mol. The molecule has 0 spiro atoms. The van der Waals surface area contributed by atoms with Gasteiger partial charge in [-0.25, -0.2) is 0 Å². The Bertz CT molecular complexity index is 367. The molecule has 2 aromatic rings. The molecular formula is C9H9BrN2S. The fourth-order valence-electron chi connectivity index (χ4n) is 1.14. The summed E-state index contributed by atoms with van der Waals surface area (Å²) in [5.74, 6) is 0. The van der Waals surface area contributed by atoms with Gasteiger partial charge in [0.1, 0.15) is 0 Å². The van der Waals surface area contributed by atoms with Gasteiger partial charge in [0.15, 0.2) is 0 Å². The van der Waals surface area contributed by atoms with E-state index in [-0.39, 0.29) is 0 Å². The van der Waals surface area contributed by atoms with Gasteiger partial charge in [-0.1, -0.05) is 0 Å². The van der Waals surface area contributed by atoms with Crippen LogP contribution in [0.5, 0.6) is 0 Å². The van der Waals surface area contributed by atoms with Crippen LogP contribution in [0.2, 0.25) is 0 Å². The van der Waals surface area contributed by atoms with Crippen molar-refractivity contribution < 1.29 is 0 Å². The summed E-state index contributed by atoms with van der Waals surface area (Å²) in [6.45, 7) is 2.92. The van der Waals surface area contributed by atoms with Crippen LogP contribution in [0.15, 0.2) is 28.2 Å². The highest BCUT2D eigenvalue weighted by Crippen LogP contribution is 2.23. The molecule has 0 radical (unpaired) electrons. The van der Waals surface area contributed by atoms with Gasteiger partial charge in [-0.3, -0.25) is 4.68 Å². The van der Waals surface area contributed by atoms with Crippen molar-refractivity contribution in [1.29, 1.82) is 0 Å². The summed E-state index contributed by atoms with van der Waals surface area (Å²) < 4.78 is 3.17. The maximum atomic E-state index is 4.23. The predicted octanol–water partition coefficient (Wildman–Crippen LogP) is 3.06. The van der Waals surface area contributed by atoms with Crippen LogP contribution in [0, 0.1) is 6.92 Å². The van der Waals surface area contributed by atoms with Crippen molar-refractivity contribution in [3.05, 3.63) is 38.8 Å². The van der Waals surface area contributed by atoms with Gasteiger partial charge >= 0.3 is 0 Å². The molecule has 2 heterocycles. The minimum absolute atomic E-state index is 0.858. The van der Waals surface area contributed by atoms with E-state index in [0.717, 1.165) is 6.54 Å². The minimum atomic E-state index is 0.858. The molecule has 68 valence electrons. The largest absolute Gasteiger partial charge is 0.265 e. The van der Waals surface area contributed by atoms with Crippen molar-refractivity contribution in [2.24, 2.45) is 0 Å². The molecule has 0 atom stereocenters. The van der Waals surface area contributed by atoms with E-state index < -0.39 is 0 Å². The number of thiophene rings is 1. The Labute approximate surface area is 89.3 Å². The molecule has 4 heteroatoms. The molecule has 0 saturated carbocycles. The van der Waals surface area contributed by atoms with Crippen molar-refractivity contribution >= 4 is 27.3 Å². The molecule has 2 aromatic heterocycles. The third-order valence-corrected chi connectivity index (χ3v) is 3.82. The van der Waals surface area contributed by atoms with Crippen LogP contribution in [0.25, 0.3) is 0 Å². The molecular weight excluding hydrogens is 248 g/mol. The van der Waals surface area contributed by atoms with E-state index in [1.54, 1.807) is 11.3 Å². The second kappa shape index (κ2) is 3.64. The van der Waals surface area contributed by atoms with Crippen LogP contribution >= 0.6 is 27.3 Å². The van der Waals surface area contributed by atoms with Crippen molar-refractivity contribution in [3.8, 4) is 0 Å². The van der Waals surface area contributed by atoms with E-state index in [1.165, 1.54) is 15.0 Å². The van der Waals surface area contributed by atoms with Gasteiger partial charge in [0.05, 0.1) is 6.54 Å². The lowest BCUT2D eigenvalue weighted by Gasteiger charge is -2.02. The summed E-state index contributed by atoms with van der Waals surface area (Å²) >= 11 is 5.25. The number of hydrogen-bond acceptors (Lipinski definition) is 2. The summed E-state index contributed by atoms with van der Waals surface area (Å²) in [6.07, 6.45) is 1.83. The first-order chi connectivity index (χ1) is 6.27. The van der Waals surface area contributed by atoms with Crippen LogP contribution in [0.1, 0.15) is 10.6 Å². The first-order valence-electron chi connectivity index (χ1n) is 3.97. The summed E-state index contributed by atoms with van der Waals surface area (Å²) in [5.41, 5.74) is 1.19. The summed E-state index contributed by atoms with van der Waals surface area (Å²) in [7, 11) is 0. The lowest BCUT2D eigenvalue weighted by Crippen LogP contribution is -2.02. The lowest BCUT2D eigenvalue weighted by atomic mass is 10.4. The Morgan fingerprint density at radius 3 is 2.92 bits per heavy atom. The second-order valence-electron chi connectivity index (χ2n) is 2.82. The molecule has 2 nitrogen and oxygen atoms in total. The van der Waals surface area contributed by atoms with E-state index in [2.05, 4.69) is 39.4 Å². The van der Waals surface area contributed by atoms with Crippen molar-refractivity contribution in [1.82, 2.24) is 9.78 Å². The number of rotatable bonds is 2. The number of hydrogen-bond donors (Lipinski definition) is 0. The fourth-order valence-corrected chi connectivity index (χ4v) is 2.60.